The average molecular weight is 154 g/mol. The van der Waals surface area contributed by atoms with E-state index in [0.29, 0.717) is 0 Å². The lowest BCUT2D eigenvalue weighted by atomic mass is 10.0. The Kier molecular flexibility index (Phi) is 2.14. The molecule has 2 unspecified atom stereocenters. The molecule has 0 amide bonds. The normalized spacial score (nSPS) is 40.1. The molecule has 1 aliphatic carbocycles. The highest BCUT2D eigenvalue weighted by molar-refractivity contribution is 4.77. The van der Waals surface area contributed by atoms with Crippen molar-refractivity contribution in [2.45, 2.75) is 32.1 Å². The highest BCUT2D eigenvalue weighted by Gasteiger charge is 2.25. The molecule has 1 heterocycles. The van der Waals surface area contributed by atoms with Gasteiger partial charge in [0, 0.05) is 13.1 Å². The molecule has 0 spiro atoms. The van der Waals surface area contributed by atoms with Gasteiger partial charge >= 0.3 is 0 Å². The lowest BCUT2D eigenvalue weighted by molar-refractivity contribution is 0.203. The third kappa shape index (κ3) is 1.74. The Bertz CT molecular complexity index is 122. The zero-order valence-corrected chi connectivity index (χ0v) is 7.13. The minimum absolute atomic E-state index is 0.910. The molecular formula is C9H18N2. The van der Waals surface area contributed by atoms with E-state index in [9.17, 15) is 0 Å². The molecular weight excluding hydrogens is 136 g/mol. The Balaban J connectivity index is 2.04. The van der Waals surface area contributed by atoms with E-state index < -0.39 is 0 Å². The molecule has 11 heavy (non-hydrogen) atoms. The molecule has 2 nitrogen and oxygen atoms in total. The number of hydrazine groups is 1. The molecule has 1 saturated carbocycles. The van der Waals surface area contributed by atoms with Crippen molar-refractivity contribution in [3.05, 3.63) is 0 Å². The van der Waals surface area contributed by atoms with Gasteiger partial charge < -0.3 is 0 Å². The Morgan fingerprint density at radius 3 is 2.00 bits per heavy atom. The monoisotopic (exact) mass is 154 g/mol. The third-order valence-electron chi connectivity index (χ3n) is 3.19. The molecule has 0 aromatic heterocycles. The number of hydrogen-bond acceptors (Lipinski definition) is 2. The molecule has 0 aromatic carbocycles. The Labute approximate surface area is 68.7 Å². The van der Waals surface area contributed by atoms with Gasteiger partial charge in [0.05, 0.1) is 0 Å². The van der Waals surface area contributed by atoms with Gasteiger partial charge in [-0.15, -0.1) is 0 Å². The fourth-order valence-corrected chi connectivity index (χ4v) is 2.56. The van der Waals surface area contributed by atoms with Gasteiger partial charge in [-0.05, 0) is 37.5 Å². The number of nitrogens with two attached hydrogens (primary N) is 1. The lowest BCUT2D eigenvalue weighted by Crippen LogP contribution is -2.38. The van der Waals surface area contributed by atoms with E-state index in [0.717, 1.165) is 24.9 Å². The number of hydrogen-bond donors (Lipinski definition) is 1. The summed E-state index contributed by atoms with van der Waals surface area (Å²) in [4.78, 5) is 0. The van der Waals surface area contributed by atoms with Crippen LogP contribution in [0.25, 0.3) is 0 Å². The summed E-state index contributed by atoms with van der Waals surface area (Å²) in [6, 6.07) is 0. The van der Waals surface area contributed by atoms with Crippen molar-refractivity contribution in [1.29, 1.82) is 0 Å². The molecule has 2 bridgehead atoms. The van der Waals surface area contributed by atoms with Crippen molar-refractivity contribution in [3.8, 4) is 0 Å². The molecule has 0 aromatic rings. The summed E-state index contributed by atoms with van der Waals surface area (Å²) in [7, 11) is 0. The second-order valence-corrected chi connectivity index (χ2v) is 4.19. The van der Waals surface area contributed by atoms with E-state index in [1.165, 1.54) is 32.1 Å². The highest BCUT2D eigenvalue weighted by Crippen LogP contribution is 2.30. The van der Waals surface area contributed by atoms with E-state index in [2.05, 4.69) is 0 Å². The summed E-state index contributed by atoms with van der Waals surface area (Å²) in [5.74, 6) is 7.68. The topological polar surface area (TPSA) is 29.3 Å². The van der Waals surface area contributed by atoms with Crippen LogP contribution in [0.1, 0.15) is 32.1 Å². The van der Waals surface area contributed by atoms with Gasteiger partial charge in [-0.2, -0.15) is 0 Å². The van der Waals surface area contributed by atoms with Crippen LogP contribution in [0.5, 0.6) is 0 Å². The van der Waals surface area contributed by atoms with Crippen molar-refractivity contribution in [2.24, 2.45) is 17.7 Å². The molecule has 2 N–H and O–H groups in total. The van der Waals surface area contributed by atoms with E-state index in [1.807, 2.05) is 5.01 Å². The number of fused-ring (bicyclic) bond motifs is 3. The van der Waals surface area contributed by atoms with E-state index in [1.54, 1.807) is 0 Å². The summed E-state index contributed by atoms with van der Waals surface area (Å²) in [6.07, 6.45) is 7.15. The van der Waals surface area contributed by atoms with Crippen molar-refractivity contribution >= 4 is 0 Å². The van der Waals surface area contributed by atoms with Crippen LogP contribution in [0, 0.1) is 11.8 Å². The van der Waals surface area contributed by atoms with Gasteiger partial charge in [0.25, 0.3) is 0 Å². The minimum Gasteiger partial charge on any atom is -0.269 e. The lowest BCUT2D eigenvalue weighted by Gasteiger charge is -2.24. The smallest absolute Gasteiger partial charge is 0.0157 e. The zero-order valence-electron chi connectivity index (χ0n) is 7.13. The quantitative estimate of drug-likeness (QED) is 0.534. The average Bonchev–Trinajstić information content (AvgIpc) is 2.19. The van der Waals surface area contributed by atoms with Gasteiger partial charge in [-0.1, -0.05) is 6.42 Å². The Morgan fingerprint density at radius 1 is 0.909 bits per heavy atom. The molecule has 1 aliphatic heterocycles. The summed E-state index contributed by atoms with van der Waals surface area (Å²) in [5.41, 5.74) is 0. The summed E-state index contributed by atoms with van der Waals surface area (Å²) in [6.45, 7) is 2.30. The highest BCUT2D eigenvalue weighted by atomic mass is 15.4. The van der Waals surface area contributed by atoms with Crippen LogP contribution in [0.15, 0.2) is 0 Å². The molecule has 1 saturated heterocycles. The van der Waals surface area contributed by atoms with E-state index in [4.69, 9.17) is 5.84 Å². The van der Waals surface area contributed by atoms with Crippen molar-refractivity contribution in [2.75, 3.05) is 13.1 Å². The number of nitrogens with zero attached hydrogens (tertiary/aromatic N) is 1. The second-order valence-electron chi connectivity index (χ2n) is 4.19. The van der Waals surface area contributed by atoms with Crippen LogP contribution in [-0.4, -0.2) is 18.1 Å². The molecule has 2 atom stereocenters. The Hall–Kier alpha value is -0.0800. The van der Waals surface area contributed by atoms with Gasteiger partial charge in [-0.3, -0.25) is 5.84 Å². The van der Waals surface area contributed by atoms with Gasteiger partial charge in [0.15, 0.2) is 0 Å². The zero-order chi connectivity index (χ0) is 7.68. The first kappa shape index (κ1) is 7.56. The second kappa shape index (κ2) is 3.11. The third-order valence-corrected chi connectivity index (χ3v) is 3.19. The van der Waals surface area contributed by atoms with Crippen molar-refractivity contribution < 1.29 is 0 Å². The van der Waals surface area contributed by atoms with E-state index >= 15 is 0 Å². The predicted molar refractivity (Wildman–Crippen MR) is 45.8 cm³/mol. The number of rotatable bonds is 0. The largest absolute Gasteiger partial charge is 0.269 e. The molecule has 2 heteroatoms. The first-order valence-electron chi connectivity index (χ1n) is 4.84. The fourth-order valence-electron chi connectivity index (χ4n) is 2.56. The van der Waals surface area contributed by atoms with Crippen molar-refractivity contribution in [1.82, 2.24) is 5.01 Å². The molecule has 64 valence electrons. The van der Waals surface area contributed by atoms with Crippen LogP contribution < -0.4 is 5.84 Å². The van der Waals surface area contributed by atoms with Gasteiger partial charge in [0.2, 0.25) is 0 Å². The maximum absolute atomic E-state index is 5.86. The van der Waals surface area contributed by atoms with Crippen LogP contribution in [0.4, 0.5) is 0 Å². The minimum atomic E-state index is 0.910. The Morgan fingerprint density at radius 2 is 1.45 bits per heavy atom. The molecule has 2 rings (SSSR count). The van der Waals surface area contributed by atoms with Gasteiger partial charge in [0.1, 0.15) is 0 Å². The van der Waals surface area contributed by atoms with Crippen LogP contribution in [-0.2, 0) is 0 Å². The van der Waals surface area contributed by atoms with Crippen molar-refractivity contribution in [3.63, 3.8) is 0 Å². The fraction of sp³-hybridized carbons (Fsp3) is 1.00. The molecule has 2 fully saturated rings. The van der Waals surface area contributed by atoms with Crippen LogP contribution in [0.3, 0.4) is 0 Å². The first-order chi connectivity index (χ1) is 5.34. The summed E-state index contributed by atoms with van der Waals surface area (Å²) >= 11 is 0. The standard InChI is InChI=1S/C9H18N2/c10-11-6-8-2-1-3-9(7-11)5-4-8/h8-9H,1-7,10H2. The van der Waals surface area contributed by atoms with E-state index in [-0.39, 0.29) is 0 Å². The molecule has 2 aliphatic rings. The summed E-state index contributed by atoms with van der Waals surface area (Å²) < 4.78 is 0. The maximum atomic E-state index is 5.86. The van der Waals surface area contributed by atoms with Gasteiger partial charge in [-0.25, -0.2) is 5.01 Å². The van der Waals surface area contributed by atoms with Crippen LogP contribution in [0.2, 0.25) is 0 Å². The summed E-state index contributed by atoms with van der Waals surface area (Å²) in [5, 5.41) is 2.04. The van der Waals surface area contributed by atoms with Crippen LogP contribution >= 0.6 is 0 Å². The first-order valence-corrected chi connectivity index (χ1v) is 4.84. The molecule has 0 radical (unpaired) electrons. The predicted octanol–water partition coefficient (Wildman–Crippen LogP) is 1.37. The maximum Gasteiger partial charge on any atom is 0.0157 e. The SMILES string of the molecule is NN1CC2CCCC(CC2)C1.